The fourth-order valence-electron chi connectivity index (χ4n) is 2.77. The van der Waals surface area contributed by atoms with E-state index in [0.717, 1.165) is 31.6 Å². The van der Waals surface area contributed by atoms with Crippen molar-refractivity contribution in [3.63, 3.8) is 0 Å². The molecule has 24 heavy (non-hydrogen) atoms. The molecule has 2 unspecified atom stereocenters. The van der Waals surface area contributed by atoms with Crippen LogP contribution in [0.4, 0.5) is 0 Å². The van der Waals surface area contributed by atoms with Crippen LogP contribution in [0.3, 0.4) is 0 Å². The highest BCUT2D eigenvalue weighted by atomic mass is 16.7. The summed E-state index contributed by atoms with van der Waals surface area (Å²) in [5.74, 6) is -5.49. The quantitative estimate of drug-likeness (QED) is 0.724. The summed E-state index contributed by atoms with van der Waals surface area (Å²) in [6.07, 6.45) is 2.35. The Labute approximate surface area is 139 Å². The third-order valence-electron chi connectivity index (χ3n) is 3.88. The van der Waals surface area contributed by atoms with Crippen LogP contribution >= 0.6 is 0 Å². The smallest absolute Gasteiger partial charge is 0.330 e. The molecule has 9 heteroatoms. The summed E-state index contributed by atoms with van der Waals surface area (Å²) >= 11 is 0. The highest BCUT2D eigenvalue weighted by molar-refractivity contribution is 5.96. The lowest BCUT2D eigenvalue weighted by molar-refractivity contribution is -0.200. The molecule has 3 amide bonds. The minimum atomic E-state index is -1.03. The van der Waals surface area contributed by atoms with Crippen LogP contribution in [-0.4, -0.2) is 58.3 Å². The van der Waals surface area contributed by atoms with Gasteiger partial charge in [-0.15, -0.1) is 5.06 Å². The van der Waals surface area contributed by atoms with Crippen molar-refractivity contribution >= 4 is 29.7 Å². The number of imide groups is 1. The molecule has 1 N–H and O–H groups in total. The Morgan fingerprint density at radius 2 is 1.58 bits per heavy atom. The summed E-state index contributed by atoms with van der Waals surface area (Å²) in [5, 5.41) is 9.53. The Kier molecular flexibility index (Phi) is 6.87. The predicted octanol–water partition coefficient (Wildman–Crippen LogP) is 0.189. The van der Waals surface area contributed by atoms with Crippen LogP contribution in [0.15, 0.2) is 0 Å². The van der Waals surface area contributed by atoms with Crippen molar-refractivity contribution < 1.29 is 33.9 Å². The van der Waals surface area contributed by atoms with Gasteiger partial charge in [-0.25, -0.2) is 4.79 Å². The van der Waals surface area contributed by atoms with Gasteiger partial charge in [0.2, 0.25) is 5.91 Å². The number of carboxylic acid groups (broad SMARTS) is 1. The van der Waals surface area contributed by atoms with Crippen molar-refractivity contribution in [1.29, 1.82) is 0 Å². The average Bonchev–Trinajstić information content (AvgIpc) is 2.51. The Bertz CT molecular complexity index is 546. The Hall–Kier alpha value is -2.45. The van der Waals surface area contributed by atoms with Crippen molar-refractivity contribution in [3.8, 4) is 0 Å². The van der Waals surface area contributed by atoms with Gasteiger partial charge in [0.15, 0.2) is 0 Å². The first kappa shape index (κ1) is 19.6. The largest absolute Gasteiger partial charge is 0.481 e. The molecule has 1 saturated carbocycles. The maximum absolute atomic E-state index is 12.5. The van der Waals surface area contributed by atoms with Gasteiger partial charge in [-0.2, -0.15) is 0 Å². The molecule has 1 aliphatic carbocycles. The second-order valence-electron chi connectivity index (χ2n) is 5.82. The molecule has 9 nitrogen and oxygen atoms in total. The molecule has 2 atom stereocenters. The summed E-state index contributed by atoms with van der Waals surface area (Å²) in [5.41, 5.74) is 0. The monoisotopic (exact) mass is 342 g/mol. The topological polar surface area (TPSA) is 121 Å². The van der Waals surface area contributed by atoms with Crippen molar-refractivity contribution in [2.75, 3.05) is 13.6 Å². The molecule has 0 aromatic carbocycles. The molecule has 0 bridgehead atoms. The molecule has 134 valence electrons. The van der Waals surface area contributed by atoms with E-state index < -0.39 is 48.0 Å². The Morgan fingerprint density at radius 3 is 2.04 bits per heavy atom. The summed E-state index contributed by atoms with van der Waals surface area (Å²) in [7, 11) is 1.35. The first-order valence-electron chi connectivity index (χ1n) is 7.65. The van der Waals surface area contributed by atoms with E-state index in [1.54, 1.807) is 0 Å². The average molecular weight is 342 g/mol. The number of amides is 3. The number of hydrogen-bond acceptors (Lipinski definition) is 6. The minimum Gasteiger partial charge on any atom is -0.481 e. The second-order valence-corrected chi connectivity index (χ2v) is 5.82. The SMILES string of the molecule is CC(=O)ON(C(C)=O)C(=O)CN(C)C(=O)C1CCCCC1C(=O)O. The van der Waals surface area contributed by atoms with Crippen LogP contribution in [-0.2, 0) is 28.8 Å². The zero-order valence-electron chi connectivity index (χ0n) is 14.0. The highest BCUT2D eigenvalue weighted by Crippen LogP contribution is 2.31. The minimum absolute atomic E-state index is 0.293. The van der Waals surface area contributed by atoms with Crippen molar-refractivity contribution in [2.24, 2.45) is 11.8 Å². The molecule has 0 radical (unpaired) electrons. The number of carboxylic acids is 1. The number of nitrogens with zero attached hydrogens (tertiary/aromatic N) is 2. The van der Waals surface area contributed by atoms with Crippen molar-refractivity contribution in [2.45, 2.75) is 39.5 Å². The van der Waals surface area contributed by atoms with Gasteiger partial charge in [-0.05, 0) is 12.8 Å². The summed E-state index contributed by atoms with van der Waals surface area (Å²) in [6, 6.07) is 0. The summed E-state index contributed by atoms with van der Waals surface area (Å²) < 4.78 is 0. The third kappa shape index (κ3) is 5.04. The number of aliphatic carboxylic acids is 1. The number of hydroxylamine groups is 2. The fraction of sp³-hybridized carbons (Fsp3) is 0.667. The lowest BCUT2D eigenvalue weighted by atomic mass is 9.78. The summed E-state index contributed by atoms with van der Waals surface area (Å²) in [4.78, 5) is 63.7. The van der Waals surface area contributed by atoms with Gasteiger partial charge in [-0.3, -0.25) is 19.2 Å². The molecule has 0 spiro atoms. The van der Waals surface area contributed by atoms with E-state index in [0.29, 0.717) is 17.9 Å². The molecule has 0 aromatic heterocycles. The zero-order valence-corrected chi connectivity index (χ0v) is 14.0. The van der Waals surface area contributed by atoms with E-state index >= 15 is 0 Å². The Balaban J connectivity index is 2.77. The molecule has 1 rings (SSSR count). The van der Waals surface area contributed by atoms with E-state index in [9.17, 15) is 29.1 Å². The van der Waals surface area contributed by atoms with Gasteiger partial charge in [0.25, 0.3) is 11.8 Å². The van der Waals surface area contributed by atoms with Gasteiger partial charge in [0.1, 0.15) is 6.54 Å². The third-order valence-corrected chi connectivity index (χ3v) is 3.88. The molecule has 0 saturated heterocycles. The van der Waals surface area contributed by atoms with Crippen LogP contribution < -0.4 is 0 Å². The lowest BCUT2D eigenvalue weighted by Crippen LogP contribution is -2.47. The fourth-order valence-corrected chi connectivity index (χ4v) is 2.77. The van der Waals surface area contributed by atoms with Gasteiger partial charge in [0.05, 0.1) is 11.8 Å². The van der Waals surface area contributed by atoms with Gasteiger partial charge >= 0.3 is 11.9 Å². The Morgan fingerprint density at radius 1 is 1.04 bits per heavy atom. The standard InChI is InChI=1S/C15H22N2O7/c1-9(18)17(24-10(2)19)13(20)8-16(3)14(21)11-6-4-5-7-12(11)15(22)23/h11-12H,4-8H2,1-3H3,(H,22,23). The first-order chi connectivity index (χ1) is 11.1. The van der Waals surface area contributed by atoms with Gasteiger partial charge in [-0.1, -0.05) is 12.8 Å². The molecular formula is C15H22N2O7. The normalized spacial score (nSPS) is 20.0. The van der Waals surface area contributed by atoms with E-state index in [1.165, 1.54) is 7.05 Å². The van der Waals surface area contributed by atoms with Crippen LogP contribution in [0.1, 0.15) is 39.5 Å². The molecule has 0 aliphatic heterocycles. The predicted molar refractivity (Wildman–Crippen MR) is 80.0 cm³/mol. The van der Waals surface area contributed by atoms with E-state index in [2.05, 4.69) is 4.84 Å². The van der Waals surface area contributed by atoms with Gasteiger partial charge < -0.3 is 14.8 Å². The molecule has 1 aliphatic rings. The van der Waals surface area contributed by atoms with E-state index in [4.69, 9.17) is 0 Å². The van der Waals surface area contributed by atoms with E-state index in [-0.39, 0.29) is 0 Å². The van der Waals surface area contributed by atoms with Crippen molar-refractivity contribution in [3.05, 3.63) is 0 Å². The molecule has 0 heterocycles. The number of rotatable bonds is 4. The lowest BCUT2D eigenvalue weighted by Gasteiger charge is -2.31. The second kappa shape index (κ2) is 8.42. The molecule has 1 fully saturated rings. The van der Waals surface area contributed by atoms with Crippen LogP contribution in [0.25, 0.3) is 0 Å². The van der Waals surface area contributed by atoms with Gasteiger partial charge in [0, 0.05) is 20.9 Å². The molecular weight excluding hydrogens is 320 g/mol. The maximum atomic E-state index is 12.5. The first-order valence-corrected chi connectivity index (χ1v) is 7.65. The maximum Gasteiger partial charge on any atom is 0.330 e. The number of carbonyl (C=O) groups excluding carboxylic acids is 4. The number of likely N-dealkylation sites (N-methyl/N-ethyl adjacent to an activating group) is 1. The van der Waals surface area contributed by atoms with Crippen molar-refractivity contribution in [1.82, 2.24) is 9.96 Å². The molecule has 0 aromatic rings. The van der Waals surface area contributed by atoms with Crippen LogP contribution in [0.2, 0.25) is 0 Å². The highest BCUT2D eigenvalue weighted by Gasteiger charge is 2.38. The summed E-state index contributed by atoms with van der Waals surface area (Å²) in [6.45, 7) is 1.59. The van der Waals surface area contributed by atoms with E-state index in [1.807, 2.05) is 0 Å². The zero-order chi connectivity index (χ0) is 18.4. The van der Waals surface area contributed by atoms with Crippen LogP contribution in [0, 0.1) is 11.8 Å². The van der Waals surface area contributed by atoms with Crippen LogP contribution in [0.5, 0.6) is 0 Å². The number of carbonyl (C=O) groups is 5. The number of hydrogen-bond donors (Lipinski definition) is 1.